The number of hydrogen-bond acceptors (Lipinski definition) is 3. The highest BCUT2D eigenvalue weighted by Gasteiger charge is 2.28. The average Bonchev–Trinajstić information content (AvgIpc) is 3.08. The maximum Gasteiger partial charge on any atom is 0.268 e. The molecule has 1 aromatic carbocycles. The molecule has 0 spiro atoms. The van der Waals surface area contributed by atoms with E-state index in [4.69, 9.17) is 0 Å². The molecule has 1 aliphatic heterocycles. The van der Waals surface area contributed by atoms with Crippen molar-refractivity contribution in [1.82, 2.24) is 20.5 Å². The van der Waals surface area contributed by atoms with Crippen LogP contribution in [0.25, 0.3) is 10.9 Å². The zero-order valence-corrected chi connectivity index (χ0v) is 15.7. The van der Waals surface area contributed by atoms with E-state index >= 15 is 0 Å². The summed E-state index contributed by atoms with van der Waals surface area (Å²) < 4.78 is 1.96. The Balaban J connectivity index is 1.55. The van der Waals surface area contributed by atoms with E-state index in [0.29, 0.717) is 24.3 Å². The lowest BCUT2D eigenvalue weighted by Gasteiger charge is -2.32. The molecule has 4 rings (SSSR count). The van der Waals surface area contributed by atoms with E-state index in [2.05, 4.69) is 22.5 Å². The number of hydrogen-bond donors (Lipinski definition) is 3. The summed E-state index contributed by atoms with van der Waals surface area (Å²) in [4.78, 5) is 36.6. The fourth-order valence-corrected chi connectivity index (χ4v) is 4.17. The van der Waals surface area contributed by atoms with E-state index in [1.54, 1.807) is 6.07 Å². The first kappa shape index (κ1) is 18.3. The van der Waals surface area contributed by atoms with E-state index in [1.165, 1.54) is 6.08 Å². The second kappa shape index (κ2) is 7.50. The largest absolute Gasteiger partial charge is 0.349 e. The van der Waals surface area contributed by atoms with Crippen molar-refractivity contribution in [2.45, 2.75) is 44.3 Å². The van der Waals surface area contributed by atoms with Gasteiger partial charge in [0.2, 0.25) is 5.91 Å². The summed E-state index contributed by atoms with van der Waals surface area (Å²) in [5.41, 5.74) is 2.06. The molecule has 0 unspecified atom stereocenters. The summed E-state index contributed by atoms with van der Waals surface area (Å²) in [7, 11) is 0. The van der Waals surface area contributed by atoms with E-state index in [1.807, 2.05) is 22.8 Å². The molecule has 1 aliphatic carbocycles. The zero-order valence-electron chi connectivity index (χ0n) is 15.7. The van der Waals surface area contributed by atoms with E-state index in [0.717, 1.165) is 36.6 Å². The van der Waals surface area contributed by atoms with Crippen LogP contribution in [0.3, 0.4) is 0 Å². The number of carbonyl (C=O) groups is 3. The molecule has 0 bridgehead atoms. The Labute approximate surface area is 163 Å². The summed E-state index contributed by atoms with van der Waals surface area (Å²) in [6.45, 7) is 4.76. The normalized spacial score (nSPS) is 21.5. The van der Waals surface area contributed by atoms with Gasteiger partial charge in [0, 0.05) is 41.6 Å². The first-order chi connectivity index (χ1) is 13.6. The molecule has 7 heteroatoms. The molecule has 2 heterocycles. The Kier molecular flexibility index (Phi) is 4.90. The van der Waals surface area contributed by atoms with Crippen molar-refractivity contribution in [1.29, 1.82) is 0 Å². The SMILES string of the molecule is C=CC(=O)N[C@@H]1CCCC[C@@H]1NC(=O)c1ccc2cc3n(c2c1)CCNC3=O. The molecule has 0 saturated heterocycles. The second-order valence-electron chi connectivity index (χ2n) is 7.39. The molecular weight excluding hydrogens is 356 g/mol. The Morgan fingerprint density at radius 1 is 1.14 bits per heavy atom. The molecule has 2 aliphatic rings. The van der Waals surface area contributed by atoms with Crippen LogP contribution in [0.4, 0.5) is 0 Å². The molecular formula is C21H24N4O3. The third-order valence-electron chi connectivity index (χ3n) is 5.62. The van der Waals surface area contributed by atoms with Crippen LogP contribution in [0.1, 0.15) is 46.5 Å². The van der Waals surface area contributed by atoms with Crippen LogP contribution in [0.2, 0.25) is 0 Å². The van der Waals surface area contributed by atoms with Gasteiger partial charge in [0.05, 0.1) is 0 Å². The first-order valence-corrected chi connectivity index (χ1v) is 9.72. The van der Waals surface area contributed by atoms with Crippen LogP contribution < -0.4 is 16.0 Å². The predicted molar refractivity (Wildman–Crippen MR) is 106 cm³/mol. The Hall–Kier alpha value is -3.09. The van der Waals surface area contributed by atoms with Crippen LogP contribution in [-0.4, -0.2) is 40.9 Å². The van der Waals surface area contributed by atoms with Gasteiger partial charge in [0.25, 0.3) is 11.8 Å². The second-order valence-corrected chi connectivity index (χ2v) is 7.39. The molecule has 7 nitrogen and oxygen atoms in total. The standard InChI is InChI=1S/C21H24N4O3/c1-2-19(26)23-15-5-3-4-6-16(15)24-20(27)14-8-7-13-11-18-21(28)22-9-10-25(18)17(13)12-14/h2,7-8,11-12,15-16H,1,3-6,9-10H2,(H,22,28)(H,23,26)(H,24,27)/t15-,16+/m1/s1. The molecule has 1 fully saturated rings. The number of nitrogens with zero attached hydrogens (tertiary/aromatic N) is 1. The van der Waals surface area contributed by atoms with Gasteiger partial charge < -0.3 is 20.5 Å². The van der Waals surface area contributed by atoms with Gasteiger partial charge in [-0.15, -0.1) is 0 Å². The quantitative estimate of drug-likeness (QED) is 0.706. The summed E-state index contributed by atoms with van der Waals surface area (Å²) in [6, 6.07) is 7.16. The highest BCUT2D eigenvalue weighted by molar-refractivity contribution is 6.02. The minimum atomic E-state index is -0.217. The van der Waals surface area contributed by atoms with Gasteiger partial charge in [-0.3, -0.25) is 14.4 Å². The number of amides is 3. The molecule has 28 heavy (non-hydrogen) atoms. The fourth-order valence-electron chi connectivity index (χ4n) is 4.17. The zero-order chi connectivity index (χ0) is 19.7. The third-order valence-corrected chi connectivity index (χ3v) is 5.62. The van der Waals surface area contributed by atoms with Crippen molar-refractivity contribution >= 4 is 28.6 Å². The highest BCUT2D eigenvalue weighted by atomic mass is 16.2. The van der Waals surface area contributed by atoms with Gasteiger partial charge in [-0.25, -0.2) is 0 Å². The van der Waals surface area contributed by atoms with Gasteiger partial charge in [-0.1, -0.05) is 25.5 Å². The van der Waals surface area contributed by atoms with Crippen molar-refractivity contribution in [3.8, 4) is 0 Å². The molecule has 146 valence electrons. The van der Waals surface area contributed by atoms with E-state index in [-0.39, 0.29) is 29.8 Å². The molecule has 3 N–H and O–H groups in total. The number of aromatic nitrogens is 1. The van der Waals surface area contributed by atoms with Crippen LogP contribution in [0.5, 0.6) is 0 Å². The van der Waals surface area contributed by atoms with Gasteiger partial charge in [0.15, 0.2) is 0 Å². The van der Waals surface area contributed by atoms with Crippen LogP contribution in [-0.2, 0) is 11.3 Å². The van der Waals surface area contributed by atoms with Gasteiger partial charge in [-0.2, -0.15) is 0 Å². The minimum absolute atomic E-state index is 0.0864. The van der Waals surface area contributed by atoms with Crippen molar-refractivity contribution < 1.29 is 14.4 Å². The molecule has 2 atom stereocenters. The maximum atomic E-state index is 12.9. The summed E-state index contributed by atoms with van der Waals surface area (Å²) in [6.07, 6.45) is 4.97. The number of carbonyl (C=O) groups excluding carboxylic acids is 3. The monoisotopic (exact) mass is 380 g/mol. The van der Waals surface area contributed by atoms with Crippen LogP contribution in [0.15, 0.2) is 36.9 Å². The van der Waals surface area contributed by atoms with Crippen molar-refractivity contribution in [3.05, 3.63) is 48.2 Å². The van der Waals surface area contributed by atoms with Crippen molar-refractivity contribution in [2.75, 3.05) is 6.54 Å². The summed E-state index contributed by atoms with van der Waals surface area (Å²) in [5.74, 6) is -0.468. The predicted octanol–water partition coefficient (Wildman–Crippen LogP) is 1.73. The molecule has 2 aromatic rings. The molecule has 0 radical (unpaired) electrons. The Morgan fingerprint density at radius 3 is 2.64 bits per heavy atom. The summed E-state index contributed by atoms with van der Waals surface area (Å²) in [5, 5.41) is 9.79. The highest BCUT2D eigenvalue weighted by Crippen LogP contribution is 2.24. The van der Waals surface area contributed by atoms with Crippen LogP contribution in [0, 0.1) is 0 Å². The summed E-state index contributed by atoms with van der Waals surface area (Å²) >= 11 is 0. The maximum absolute atomic E-state index is 12.9. The molecule has 3 amide bonds. The van der Waals surface area contributed by atoms with Gasteiger partial charge >= 0.3 is 0 Å². The third kappa shape index (κ3) is 3.40. The van der Waals surface area contributed by atoms with E-state index in [9.17, 15) is 14.4 Å². The van der Waals surface area contributed by atoms with Gasteiger partial charge in [-0.05, 0) is 37.1 Å². The molecule has 1 saturated carbocycles. The minimum Gasteiger partial charge on any atom is -0.349 e. The number of rotatable bonds is 4. The topological polar surface area (TPSA) is 92.2 Å². The van der Waals surface area contributed by atoms with Gasteiger partial charge in [0.1, 0.15) is 5.69 Å². The van der Waals surface area contributed by atoms with Crippen LogP contribution >= 0.6 is 0 Å². The number of fused-ring (bicyclic) bond motifs is 3. The first-order valence-electron chi connectivity index (χ1n) is 9.72. The van der Waals surface area contributed by atoms with Crippen molar-refractivity contribution in [3.63, 3.8) is 0 Å². The number of nitrogens with one attached hydrogen (secondary N) is 3. The molecule has 1 aromatic heterocycles. The smallest absolute Gasteiger partial charge is 0.268 e. The average molecular weight is 380 g/mol. The lowest BCUT2D eigenvalue weighted by Crippen LogP contribution is -2.52. The number of benzene rings is 1. The Bertz CT molecular complexity index is 962. The lowest BCUT2D eigenvalue weighted by molar-refractivity contribution is -0.117. The lowest BCUT2D eigenvalue weighted by atomic mass is 9.90. The van der Waals surface area contributed by atoms with E-state index < -0.39 is 0 Å². The Morgan fingerprint density at radius 2 is 1.89 bits per heavy atom. The van der Waals surface area contributed by atoms with Crippen molar-refractivity contribution in [2.24, 2.45) is 0 Å². The fraction of sp³-hybridized carbons (Fsp3) is 0.381.